The van der Waals surface area contributed by atoms with Crippen LogP contribution in [0.1, 0.15) is 12.5 Å². The predicted molar refractivity (Wildman–Crippen MR) is 88.4 cm³/mol. The number of rotatable bonds is 6. The van der Waals surface area contributed by atoms with E-state index in [1.165, 1.54) is 18.3 Å². The second kappa shape index (κ2) is 7.69. The van der Waals surface area contributed by atoms with Crippen LogP contribution in [0.15, 0.2) is 59.7 Å². The number of nitrogens with one attached hydrogen (secondary N) is 2. The van der Waals surface area contributed by atoms with Crippen molar-refractivity contribution in [1.29, 1.82) is 0 Å². The van der Waals surface area contributed by atoms with Gasteiger partial charge in [-0.15, -0.1) is 0 Å². The summed E-state index contributed by atoms with van der Waals surface area (Å²) in [6.07, 6.45) is 1.43. The van der Waals surface area contributed by atoms with Crippen LogP contribution in [0.25, 0.3) is 0 Å². The fourth-order valence-electron chi connectivity index (χ4n) is 1.80. The normalized spacial score (nSPS) is 11.9. The van der Waals surface area contributed by atoms with Crippen molar-refractivity contribution in [3.63, 3.8) is 0 Å². The number of amides is 1. The van der Waals surface area contributed by atoms with Crippen LogP contribution in [-0.4, -0.2) is 23.1 Å². The summed E-state index contributed by atoms with van der Waals surface area (Å²) >= 11 is 0. The first-order valence-corrected chi connectivity index (χ1v) is 6.95. The molecule has 0 unspecified atom stereocenters. The Bertz CT molecular complexity index is 699. The fraction of sp³-hybridized carbons (Fsp3) is 0.125. The summed E-state index contributed by atoms with van der Waals surface area (Å²) < 4.78 is 0. The van der Waals surface area contributed by atoms with Gasteiger partial charge in [0.1, 0.15) is 6.04 Å². The summed E-state index contributed by atoms with van der Waals surface area (Å²) in [6.45, 7) is 1.73. The molecule has 0 aliphatic heterocycles. The van der Waals surface area contributed by atoms with Crippen LogP contribution in [-0.2, 0) is 4.79 Å². The van der Waals surface area contributed by atoms with Gasteiger partial charge in [-0.05, 0) is 36.8 Å². The van der Waals surface area contributed by atoms with Crippen LogP contribution in [0.4, 0.5) is 11.4 Å². The van der Waals surface area contributed by atoms with Crippen molar-refractivity contribution < 1.29 is 9.72 Å². The highest BCUT2D eigenvalue weighted by Crippen LogP contribution is 2.10. The molecule has 2 aromatic carbocycles. The molecule has 0 saturated carbocycles. The molecule has 2 rings (SSSR count). The van der Waals surface area contributed by atoms with Crippen LogP contribution >= 0.6 is 0 Å². The molecule has 7 heteroatoms. The molecule has 1 amide bonds. The van der Waals surface area contributed by atoms with Crippen LogP contribution < -0.4 is 10.7 Å². The van der Waals surface area contributed by atoms with E-state index in [1.54, 1.807) is 19.1 Å². The van der Waals surface area contributed by atoms with Gasteiger partial charge in [-0.2, -0.15) is 5.10 Å². The minimum Gasteiger partial charge on any atom is -0.374 e. The molecule has 0 aromatic heterocycles. The van der Waals surface area contributed by atoms with Gasteiger partial charge in [0.15, 0.2) is 0 Å². The molecule has 0 spiro atoms. The van der Waals surface area contributed by atoms with E-state index in [1.807, 2.05) is 30.3 Å². The summed E-state index contributed by atoms with van der Waals surface area (Å²) in [4.78, 5) is 22.0. The van der Waals surface area contributed by atoms with Crippen LogP contribution in [0, 0.1) is 10.1 Å². The molecule has 0 fully saturated rings. The number of hydrogen-bond donors (Lipinski definition) is 2. The van der Waals surface area contributed by atoms with E-state index in [-0.39, 0.29) is 11.6 Å². The average molecular weight is 312 g/mol. The van der Waals surface area contributed by atoms with E-state index in [0.717, 1.165) is 5.69 Å². The summed E-state index contributed by atoms with van der Waals surface area (Å²) in [7, 11) is 0. The average Bonchev–Trinajstić information content (AvgIpc) is 2.56. The van der Waals surface area contributed by atoms with Crippen molar-refractivity contribution >= 4 is 23.5 Å². The van der Waals surface area contributed by atoms with Crippen LogP contribution in [0.2, 0.25) is 0 Å². The van der Waals surface area contributed by atoms with E-state index < -0.39 is 11.0 Å². The fourth-order valence-corrected chi connectivity index (χ4v) is 1.80. The summed E-state index contributed by atoms with van der Waals surface area (Å²) in [5, 5.41) is 17.4. The highest BCUT2D eigenvalue weighted by Gasteiger charge is 2.11. The lowest BCUT2D eigenvalue weighted by atomic mass is 10.2. The zero-order chi connectivity index (χ0) is 16.7. The quantitative estimate of drug-likeness (QED) is 0.486. The lowest BCUT2D eigenvalue weighted by Gasteiger charge is -2.13. The van der Waals surface area contributed by atoms with Gasteiger partial charge in [0.05, 0.1) is 11.1 Å². The Morgan fingerprint density at radius 1 is 1.17 bits per heavy atom. The minimum absolute atomic E-state index is 0.00636. The van der Waals surface area contributed by atoms with E-state index in [4.69, 9.17) is 0 Å². The monoisotopic (exact) mass is 312 g/mol. The van der Waals surface area contributed by atoms with Crippen molar-refractivity contribution in [1.82, 2.24) is 5.43 Å². The zero-order valence-corrected chi connectivity index (χ0v) is 12.5. The van der Waals surface area contributed by atoms with Gasteiger partial charge in [0, 0.05) is 17.8 Å². The third-order valence-electron chi connectivity index (χ3n) is 3.04. The molecular formula is C16H16N4O3. The minimum atomic E-state index is -0.473. The summed E-state index contributed by atoms with van der Waals surface area (Å²) in [6, 6.07) is 14.8. The molecule has 118 valence electrons. The predicted octanol–water partition coefficient (Wildman–Crippen LogP) is 2.55. The number of carbonyl (C=O) groups excluding carboxylic acids is 1. The number of hydrogen-bond acceptors (Lipinski definition) is 5. The molecule has 0 heterocycles. The number of non-ortho nitro benzene ring substituents is 1. The third-order valence-corrected chi connectivity index (χ3v) is 3.04. The van der Waals surface area contributed by atoms with Crippen molar-refractivity contribution in [3.05, 3.63) is 70.3 Å². The van der Waals surface area contributed by atoms with Gasteiger partial charge in [0.25, 0.3) is 11.6 Å². The first kappa shape index (κ1) is 16.2. The van der Waals surface area contributed by atoms with Crippen molar-refractivity contribution in [3.8, 4) is 0 Å². The van der Waals surface area contributed by atoms with Crippen molar-refractivity contribution in [2.45, 2.75) is 13.0 Å². The van der Waals surface area contributed by atoms with Gasteiger partial charge in [-0.25, -0.2) is 5.43 Å². The van der Waals surface area contributed by atoms with Crippen LogP contribution in [0.5, 0.6) is 0 Å². The Labute approximate surface area is 133 Å². The Morgan fingerprint density at radius 3 is 2.43 bits per heavy atom. The molecule has 0 aliphatic carbocycles. The highest BCUT2D eigenvalue weighted by molar-refractivity contribution is 5.86. The summed E-state index contributed by atoms with van der Waals surface area (Å²) in [5.41, 5.74) is 3.92. The van der Waals surface area contributed by atoms with Crippen molar-refractivity contribution in [2.24, 2.45) is 5.10 Å². The first-order valence-electron chi connectivity index (χ1n) is 6.95. The first-order chi connectivity index (χ1) is 11.1. The van der Waals surface area contributed by atoms with Gasteiger partial charge < -0.3 is 5.32 Å². The number of benzene rings is 2. The molecule has 1 atom stereocenters. The van der Waals surface area contributed by atoms with Gasteiger partial charge in [-0.1, -0.05) is 18.2 Å². The maximum atomic E-state index is 11.9. The molecule has 23 heavy (non-hydrogen) atoms. The number of carbonyl (C=O) groups is 1. The van der Waals surface area contributed by atoms with Gasteiger partial charge in [-0.3, -0.25) is 14.9 Å². The Kier molecular flexibility index (Phi) is 5.40. The van der Waals surface area contributed by atoms with Crippen molar-refractivity contribution in [2.75, 3.05) is 5.32 Å². The van der Waals surface area contributed by atoms with E-state index in [2.05, 4.69) is 15.8 Å². The Hall–Kier alpha value is -3.22. The molecule has 7 nitrogen and oxygen atoms in total. The maximum Gasteiger partial charge on any atom is 0.269 e. The number of hydrazone groups is 1. The molecule has 0 aliphatic rings. The topological polar surface area (TPSA) is 96.6 Å². The third kappa shape index (κ3) is 4.92. The van der Waals surface area contributed by atoms with E-state index in [9.17, 15) is 14.9 Å². The second-order valence-corrected chi connectivity index (χ2v) is 4.81. The summed E-state index contributed by atoms with van der Waals surface area (Å²) in [5.74, 6) is -0.285. The molecule has 0 bridgehead atoms. The molecule has 2 N–H and O–H groups in total. The number of nitrogens with zero attached hydrogens (tertiary/aromatic N) is 2. The molecular weight excluding hydrogens is 296 g/mol. The van der Waals surface area contributed by atoms with E-state index >= 15 is 0 Å². The SMILES string of the molecule is C[C@H](Nc1ccccc1)C(=O)N/N=C\c1ccc([N+](=O)[O-])cc1. The Balaban J connectivity index is 1.86. The van der Waals surface area contributed by atoms with Crippen LogP contribution in [0.3, 0.4) is 0 Å². The maximum absolute atomic E-state index is 11.9. The number of nitro benzene ring substituents is 1. The Morgan fingerprint density at radius 2 is 1.83 bits per heavy atom. The lowest BCUT2D eigenvalue weighted by Crippen LogP contribution is -2.34. The molecule has 0 radical (unpaired) electrons. The number of para-hydroxylation sites is 1. The van der Waals surface area contributed by atoms with E-state index in [0.29, 0.717) is 5.56 Å². The largest absolute Gasteiger partial charge is 0.374 e. The molecule has 2 aromatic rings. The zero-order valence-electron chi connectivity index (χ0n) is 12.5. The smallest absolute Gasteiger partial charge is 0.269 e. The standard InChI is InChI=1S/C16H16N4O3/c1-12(18-14-5-3-2-4-6-14)16(21)19-17-11-13-7-9-15(10-8-13)20(22)23/h2-12,18H,1H3,(H,19,21)/b17-11-/t12-/m0/s1. The van der Waals surface area contributed by atoms with Gasteiger partial charge in [0.2, 0.25) is 0 Å². The van der Waals surface area contributed by atoms with Gasteiger partial charge >= 0.3 is 0 Å². The second-order valence-electron chi connectivity index (χ2n) is 4.81. The number of anilines is 1. The molecule has 0 saturated heterocycles. The highest BCUT2D eigenvalue weighted by atomic mass is 16.6. The lowest BCUT2D eigenvalue weighted by molar-refractivity contribution is -0.384. The number of nitro groups is 1.